The molecule has 5 rings (SSSR count). The van der Waals surface area contributed by atoms with Crippen LogP contribution >= 0.6 is 0 Å². The molecule has 0 aromatic rings. The van der Waals surface area contributed by atoms with Crippen molar-refractivity contribution in [1.82, 2.24) is 10.2 Å². The fourth-order valence-corrected chi connectivity index (χ4v) is 10.6. The Bertz CT molecular complexity index is 900. The van der Waals surface area contributed by atoms with Gasteiger partial charge in [-0.1, -0.05) is 38.5 Å². The summed E-state index contributed by atoms with van der Waals surface area (Å²) in [6.45, 7) is 1.94. The molecule has 5 fully saturated rings. The minimum atomic E-state index is -2.96. The molecule has 0 bridgehead atoms. The molecular formula is C33H56N2O4S. The Morgan fingerprint density at radius 3 is 1.65 bits per heavy atom. The molecule has 5 saturated carbocycles. The zero-order valence-corrected chi connectivity index (χ0v) is 25.8. The third-order valence-corrected chi connectivity index (χ3v) is 13.5. The minimum absolute atomic E-state index is 0.119. The van der Waals surface area contributed by atoms with Crippen molar-refractivity contribution < 1.29 is 18.0 Å². The molecule has 5 aliphatic carbocycles. The molecule has 1 N–H and O–H groups in total. The second kappa shape index (κ2) is 14.4. The second-order valence-electron chi connectivity index (χ2n) is 14.5. The van der Waals surface area contributed by atoms with Crippen molar-refractivity contribution in [3.8, 4) is 0 Å². The highest BCUT2D eigenvalue weighted by molar-refractivity contribution is 7.92. The smallest absolute Gasteiger partial charge is 0.225 e. The first-order valence-corrected chi connectivity index (χ1v) is 18.9. The number of amides is 2. The van der Waals surface area contributed by atoms with Gasteiger partial charge in [-0.15, -0.1) is 0 Å². The van der Waals surface area contributed by atoms with E-state index in [9.17, 15) is 18.0 Å². The lowest BCUT2D eigenvalue weighted by Gasteiger charge is -2.37. The third kappa shape index (κ3) is 8.94. The number of rotatable bonds is 11. The summed E-state index contributed by atoms with van der Waals surface area (Å²) in [6.07, 6.45) is 22.5. The van der Waals surface area contributed by atoms with E-state index in [1.807, 2.05) is 0 Å². The number of carbonyl (C=O) groups is 2. The van der Waals surface area contributed by atoms with Crippen LogP contribution in [0.4, 0.5) is 0 Å². The standard InChI is InChI=1S/C33H56N2O4S/c36-32(21-25-13-19-31(20-14-25)40(38,39)24-28-11-12-28)34-30-17-15-29(16-18-30)33(37)35(22-26-7-3-1-4-8-26)23-27-9-5-2-6-10-27/h25-31H,1-24H2,(H,34,36). The number of hydrogen-bond donors (Lipinski definition) is 1. The van der Waals surface area contributed by atoms with Gasteiger partial charge in [-0.2, -0.15) is 0 Å². The van der Waals surface area contributed by atoms with Crippen LogP contribution in [-0.4, -0.2) is 55.3 Å². The van der Waals surface area contributed by atoms with Gasteiger partial charge in [0.05, 0.1) is 11.0 Å². The lowest BCUT2D eigenvalue weighted by Crippen LogP contribution is -2.45. The van der Waals surface area contributed by atoms with Crippen LogP contribution in [0.3, 0.4) is 0 Å². The van der Waals surface area contributed by atoms with Crippen molar-refractivity contribution >= 4 is 21.7 Å². The number of hydrogen-bond acceptors (Lipinski definition) is 4. The van der Waals surface area contributed by atoms with Crippen molar-refractivity contribution in [2.75, 3.05) is 18.8 Å². The Labute approximate surface area is 244 Å². The lowest BCUT2D eigenvalue weighted by atomic mass is 9.83. The van der Waals surface area contributed by atoms with Crippen LogP contribution in [0, 0.1) is 29.6 Å². The van der Waals surface area contributed by atoms with E-state index in [0.717, 1.165) is 77.3 Å². The van der Waals surface area contributed by atoms with E-state index in [4.69, 9.17) is 0 Å². The second-order valence-corrected chi connectivity index (χ2v) is 16.8. The van der Waals surface area contributed by atoms with Crippen LogP contribution in [0.1, 0.15) is 135 Å². The fourth-order valence-electron chi connectivity index (χ4n) is 8.35. The average Bonchev–Trinajstić information content (AvgIpc) is 3.77. The molecule has 0 aliphatic heterocycles. The van der Waals surface area contributed by atoms with E-state index in [1.54, 1.807) is 0 Å². The quantitative estimate of drug-likeness (QED) is 0.307. The molecule has 6 nitrogen and oxygen atoms in total. The average molecular weight is 577 g/mol. The van der Waals surface area contributed by atoms with Gasteiger partial charge in [-0.25, -0.2) is 8.42 Å². The molecule has 2 amide bonds. The molecule has 0 atom stereocenters. The summed E-state index contributed by atoms with van der Waals surface area (Å²) in [5, 5.41) is 3.10. The number of carbonyl (C=O) groups excluding carboxylic acids is 2. The largest absolute Gasteiger partial charge is 0.353 e. The molecule has 0 saturated heterocycles. The maximum Gasteiger partial charge on any atom is 0.225 e. The summed E-state index contributed by atoms with van der Waals surface area (Å²) in [4.78, 5) is 29.0. The van der Waals surface area contributed by atoms with Gasteiger partial charge >= 0.3 is 0 Å². The molecule has 0 radical (unpaired) electrons. The van der Waals surface area contributed by atoms with Crippen LogP contribution in [-0.2, 0) is 19.4 Å². The summed E-state index contributed by atoms with van der Waals surface area (Å²) in [5.74, 6) is 3.11. The third-order valence-electron chi connectivity index (χ3n) is 11.1. The zero-order chi connectivity index (χ0) is 28.0. The maximum absolute atomic E-state index is 13.8. The molecule has 40 heavy (non-hydrogen) atoms. The molecule has 0 aromatic carbocycles. The van der Waals surface area contributed by atoms with Crippen LogP contribution in [0.5, 0.6) is 0 Å². The summed E-state index contributed by atoms with van der Waals surface area (Å²) < 4.78 is 25.3. The van der Waals surface area contributed by atoms with Crippen molar-refractivity contribution in [2.45, 2.75) is 146 Å². The number of nitrogens with zero attached hydrogens (tertiary/aromatic N) is 1. The van der Waals surface area contributed by atoms with E-state index in [1.165, 1.54) is 64.2 Å². The Balaban J connectivity index is 1.04. The van der Waals surface area contributed by atoms with Crippen LogP contribution in [0.25, 0.3) is 0 Å². The SMILES string of the molecule is O=C(CC1CCC(S(=O)(=O)CC2CC2)CC1)NC1CCC(C(=O)N(CC2CCCCC2)CC2CCCCC2)CC1. The first-order valence-electron chi connectivity index (χ1n) is 17.2. The van der Waals surface area contributed by atoms with E-state index in [0.29, 0.717) is 41.8 Å². The van der Waals surface area contributed by atoms with Gasteiger partial charge in [0.25, 0.3) is 0 Å². The highest BCUT2D eigenvalue weighted by Gasteiger charge is 2.37. The Hall–Kier alpha value is -1.11. The molecule has 5 aliphatic rings. The van der Waals surface area contributed by atoms with Crippen LogP contribution in [0.2, 0.25) is 0 Å². The van der Waals surface area contributed by atoms with Gasteiger partial charge in [0.1, 0.15) is 0 Å². The molecule has 0 aromatic heterocycles. The predicted molar refractivity (Wildman–Crippen MR) is 160 cm³/mol. The molecular weight excluding hydrogens is 520 g/mol. The predicted octanol–water partition coefficient (Wildman–Crippen LogP) is 6.42. The van der Waals surface area contributed by atoms with Crippen LogP contribution in [0.15, 0.2) is 0 Å². The molecule has 7 heteroatoms. The maximum atomic E-state index is 13.8. The van der Waals surface area contributed by atoms with E-state index >= 15 is 0 Å². The van der Waals surface area contributed by atoms with Gasteiger partial charge in [0.15, 0.2) is 9.84 Å². The molecule has 228 valence electrons. The van der Waals surface area contributed by atoms with E-state index < -0.39 is 9.84 Å². The monoisotopic (exact) mass is 576 g/mol. The lowest BCUT2D eigenvalue weighted by molar-refractivity contribution is -0.138. The highest BCUT2D eigenvalue weighted by Crippen LogP contribution is 2.36. The van der Waals surface area contributed by atoms with Crippen LogP contribution < -0.4 is 5.32 Å². The Kier molecular flexibility index (Phi) is 10.9. The zero-order valence-electron chi connectivity index (χ0n) is 25.0. The fraction of sp³-hybridized carbons (Fsp3) is 0.939. The van der Waals surface area contributed by atoms with Gasteiger partial charge in [0.2, 0.25) is 11.8 Å². The number of sulfone groups is 1. The topological polar surface area (TPSA) is 83.5 Å². The van der Waals surface area contributed by atoms with E-state index in [-0.39, 0.29) is 23.1 Å². The van der Waals surface area contributed by atoms with Crippen molar-refractivity contribution in [2.24, 2.45) is 29.6 Å². The van der Waals surface area contributed by atoms with Crippen molar-refractivity contribution in [3.63, 3.8) is 0 Å². The normalized spacial score (nSPS) is 31.0. The van der Waals surface area contributed by atoms with E-state index in [2.05, 4.69) is 10.2 Å². The molecule has 0 spiro atoms. The Morgan fingerprint density at radius 2 is 1.12 bits per heavy atom. The Morgan fingerprint density at radius 1 is 0.600 bits per heavy atom. The summed E-state index contributed by atoms with van der Waals surface area (Å²) in [7, 11) is -2.96. The number of nitrogens with one attached hydrogen (secondary N) is 1. The summed E-state index contributed by atoms with van der Waals surface area (Å²) >= 11 is 0. The minimum Gasteiger partial charge on any atom is -0.353 e. The van der Waals surface area contributed by atoms with Gasteiger partial charge in [-0.3, -0.25) is 9.59 Å². The van der Waals surface area contributed by atoms with Gasteiger partial charge < -0.3 is 10.2 Å². The first-order chi connectivity index (χ1) is 19.4. The first kappa shape index (κ1) is 30.4. The summed E-state index contributed by atoms with van der Waals surface area (Å²) in [6, 6.07) is 0.178. The molecule has 0 heterocycles. The van der Waals surface area contributed by atoms with Gasteiger partial charge in [0, 0.05) is 31.5 Å². The van der Waals surface area contributed by atoms with Gasteiger partial charge in [-0.05, 0) is 114 Å². The summed E-state index contributed by atoms with van der Waals surface area (Å²) in [5.41, 5.74) is 0. The highest BCUT2D eigenvalue weighted by atomic mass is 32.2. The van der Waals surface area contributed by atoms with Crippen molar-refractivity contribution in [1.29, 1.82) is 0 Å². The van der Waals surface area contributed by atoms with Crippen molar-refractivity contribution in [3.05, 3.63) is 0 Å². The molecule has 0 unspecified atom stereocenters.